The fourth-order valence-corrected chi connectivity index (χ4v) is 1.50. The number of benzene rings is 1. The van der Waals surface area contributed by atoms with E-state index < -0.39 is 0 Å². The summed E-state index contributed by atoms with van der Waals surface area (Å²) in [5.74, 6) is 0. The average molecular weight is 251 g/mol. The van der Waals surface area contributed by atoms with Crippen LogP contribution in [0.5, 0.6) is 0 Å². The van der Waals surface area contributed by atoms with Gasteiger partial charge in [-0.15, -0.1) is 0 Å². The largest absolute Gasteiger partial charge is 0.389 e. The van der Waals surface area contributed by atoms with Crippen LogP contribution in [0.25, 0.3) is 0 Å². The van der Waals surface area contributed by atoms with Crippen LogP contribution in [0.2, 0.25) is 0 Å². The molecule has 0 saturated heterocycles. The van der Waals surface area contributed by atoms with Crippen LogP contribution in [0.15, 0.2) is 24.3 Å². The molecule has 0 spiro atoms. The predicted octanol–water partition coefficient (Wildman–Crippen LogP) is 1.83. The SMILES string of the molecule is CCN(C)C(=O)N(C)c1cccc(C(N)=S)c1. The van der Waals surface area contributed by atoms with Crippen molar-refractivity contribution in [2.75, 3.05) is 25.5 Å². The van der Waals surface area contributed by atoms with Gasteiger partial charge in [0, 0.05) is 31.9 Å². The Bertz CT molecular complexity index is 434. The molecule has 0 aliphatic carbocycles. The molecule has 1 aromatic carbocycles. The van der Waals surface area contributed by atoms with Crippen LogP contribution < -0.4 is 10.6 Å². The highest BCUT2D eigenvalue weighted by Crippen LogP contribution is 2.16. The maximum absolute atomic E-state index is 11.9. The molecule has 1 aromatic rings. The Morgan fingerprint density at radius 1 is 1.41 bits per heavy atom. The third-order valence-electron chi connectivity index (χ3n) is 2.61. The van der Waals surface area contributed by atoms with E-state index >= 15 is 0 Å². The highest BCUT2D eigenvalue weighted by Gasteiger charge is 2.14. The number of hydrogen-bond donors (Lipinski definition) is 1. The Labute approximate surface area is 107 Å². The molecule has 1 rings (SSSR count). The summed E-state index contributed by atoms with van der Waals surface area (Å²) in [5.41, 5.74) is 7.10. The number of carbonyl (C=O) groups is 1. The standard InChI is InChI=1S/C12H17N3OS/c1-4-14(2)12(16)15(3)10-7-5-6-9(8-10)11(13)17/h5-8H,4H2,1-3H3,(H2,13,17). The molecule has 0 saturated carbocycles. The molecular weight excluding hydrogens is 234 g/mol. The number of anilines is 1. The average Bonchev–Trinajstić information content (AvgIpc) is 2.36. The predicted molar refractivity (Wildman–Crippen MR) is 74.4 cm³/mol. The molecular formula is C12H17N3OS. The topological polar surface area (TPSA) is 49.6 Å². The molecule has 4 nitrogen and oxygen atoms in total. The van der Waals surface area contributed by atoms with Crippen LogP contribution in [0.1, 0.15) is 12.5 Å². The van der Waals surface area contributed by atoms with Crippen molar-refractivity contribution in [2.24, 2.45) is 5.73 Å². The van der Waals surface area contributed by atoms with Gasteiger partial charge in [-0.3, -0.25) is 4.90 Å². The molecule has 0 fully saturated rings. The highest BCUT2D eigenvalue weighted by atomic mass is 32.1. The van der Waals surface area contributed by atoms with Gasteiger partial charge < -0.3 is 10.6 Å². The number of thiocarbonyl (C=S) groups is 1. The minimum absolute atomic E-state index is 0.0624. The van der Waals surface area contributed by atoms with Crippen LogP contribution in [-0.2, 0) is 0 Å². The Kier molecular flexibility index (Phi) is 4.45. The summed E-state index contributed by atoms with van der Waals surface area (Å²) in [4.78, 5) is 15.5. The van der Waals surface area contributed by atoms with E-state index in [1.807, 2.05) is 31.2 Å². The molecule has 0 heterocycles. The molecule has 2 amide bonds. The van der Waals surface area contributed by atoms with Crippen molar-refractivity contribution in [3.63, 3.8) is 0 Å². The lowest BCUT2D eigenvalue weighted by Gasteiger charge is -2.24. The van der Waals surface area contributed by atoms with Gasteiger partial charge in [0.05, 0.1) is 0 Å². The lowest BCUT2D eigenvalue weighted by atomic mass is 10.2. The second kappa shape index (κ2) is 5.63. The number of rotatable bonds is 3. The van der Waals surface area contributed by atoms with Crippen LogP contribution >= 0.6 is 12.2 Å². The summed E-state index contributed by atoms with van der Waals surface area (Å²) in [6.07, 6.45) is 0. The van der Waals surface area contributed by atoms with Crippen molar-refractivity contribution < 1.29 is 4.79 Å². The lowest BCUT2D eigenvalue weighted by molar-refractivity contribution is 0.219. The number of carbonyl (C=O) groups excluding carboxylic acids is 1. The first-order valence-corrected chi connectivity index (χ1v) is 5.77. The zero-order valence-corrected chi connectivity index (χ0v) is 11.1. The summed E-state index contributed by atoms with van der Waals surface area (Å²) < 4.78 is 0. The Morgan fingerprint density at radius 3 is 2.59 bits per heavy atom. The quantitative estimate of drug-likeness (QED) is 0.834. The van der Waals surface area contributed by atoms with E-state index in [-0.39, 0.29) is 6.03 Å². The second-order valence-electron chi connectivity index (χ2n) is 3.77. The molecule has 0 radical (unpaired) electrons. The maximum atomic E-state index is 11.9. The van der Waals surface area contributed by atoms with Gasteiger partial charge in [-0.1, -0.05) is 24.4 Å². The van der Waals surface area contributed by atoms with Crippen LogP contribution in [0.3, 0.4) is 0 Å². The number of urea groups is 1. The van der Waals surface area contributed by atoms with E-state index in [4.69, 9.17) is 18.0 Å². The first-order valence-electron chi connectivity index (χ1n) is 5.36. The molecule has 2 N–H and O–H groups in total. The molecule has 0 bridgehead atoms. The number of amides is 2. The van der Waals surface area contributed by atoms with Crippen molar-refractivity contribution in [1.29, 1.82) is 0 Å². The summed E-state index contributed by atoms with van der Waals surface area (Å²) in [5, 5.41) is 0. The third kappa shape index (κ3) is 3.17. The number of hydrogen-bond acceptors (Lipinski definition) is 2. The third-order valence-corrected chi connectivity index (χ3v) is 2.84. The Balaban J connectivity index is 2.96. The first-order chi connectivity index (χ1) is 7.97. The van der Waals surface area contributed by atoms with Crippen molar-refractivity contribution in [1.82, 2.24) is 4.90 Å². The number of nitrogens with zero attached hydrogens (tertiary/aromatic N) is 2. The minimum Gasteiger partial charge on any atom is -0.389 e. The lowest BCUT2D eigenvalue weighted by Crippen LogP contribution is -2.38. The zero-order valence-electron chi connectivity index (χ0n) is 10.3. The van der Waals surface area contributed by atoms with Crippen molar-refractivity contribution in [2.45, 2.75) is 6.92 Å². The van der Waals surface area contributed by atoms with E-state index in [2.05, 4.69) is 0 Å². The van der Waals surface area contributed by atoms with Crippen LogP contribution in [0.4, 0.5) is 10.5 Å². The fourth-order valence-electron chi connectivity index (χ4n) is 1.37. The molecule has 0 aliphatic heterocycles. The van der Waals surface area contributed by atoms with Gasteiger partial charge in [-0.25, -0.2) is 4.79 Å². The van der Waals surface area contributed by atoms with Gasteiger partial charge in [0.2, 0.25) is 0 Å². The Morgan fingerprint density at radius 2 is 2.06 bits per heavy atom. The van der Waals surface area contributed by atoms with E-state index in [1.54, 1.807) is 23.9 Å². The molecule has 0 aromatic heterocycles. The van der Waals surface area contributed by atoms with Gasteiger partial charge in [0.1, 0.15) is 4.99 Å². The van der Waals surface area contributed by atoms with Gasteiger partial charge >= 0.3 is 6.03 Å². The molecule has 5 heteroatoms. The normalized spacial score (nSPS) is 9.82. The fraction of sp³-hybridized carbons (Fsp3) is 0.333. The first kappa shape index (κ1) is 13.4. The minimum atomic E-state index is -0.0624. The van der Waals surface area contributed by atoms with Crippen molar-refractivity contribution >= 4 is 28.9 Å². The van der Waals surface area contributed by atoms with E-state index in [1.165, 1.54) is 0 Å². The van der Waals surface area contributed by atoms with Gasteiger partial charge in [-0.2, -0.15) is 0 Å². The van der Waals surface area contributed by atoms with Crippen LogP contribution in [-0.4, -0.2) is 36.6 Å². The van der Waals surface area contributed by atoms with Gasteiger partial charge in [-0.05, 0) is 19.1 Å². The van der Waals surface area contributed by atoms with Gasteiger partial charge in [0.25, 0.3) is 0 Å². The van der Waals surface area contributed by atoms with Crippen molar-refractivity contribution in [3.8, 4) is 0 Å². The molecule has 0 aliphatic rings. The Hall–Kier alpha value is -1.62. The monoisotopic (exact) mass is 251 g/mol. The van der Waals surface area contributed by atoms with E-state index in [0.29, 0.717) is 11.5 Å². The highest BCUT2D eigenvalue weighted by molar-refractivity contribution is 7.80. The molecule has 17 heavy (non-hydrogen) atoms. The second-order valence-corrected chi connectivity index (χ2v) is 4.21. The summed E-state index contributed by atoms with van der Waals surface area (Å²) in [6.45, 7) is 2.59. The zero-order chi connectivity index (χ0) is 13.0. The van der Waals surface area contributed by atoms with Crippen LogP contribution in [0, 0.1) is 0 Å². The summed E-state index contributed by atoms with van der Waals surface area (Å²) >= 11 is 4.91. The van der Waals surface area contributed by atoms with Gasteiger partial charge in [0.15, 0.2) is 0 Å². The molecule has 92 valence electrons. The van der Waals surface area contributed by atoms with E-state index in [0.717, 1.165) is 11.3 Å². The number of nitrogens with two attached hydrogens (primary N) is 1. The smallest absolute Gasteiger partial charge is 0.323 e. The molecule has 0 unspecified atom stereocenters. The van der Waals surface area contributed by atoms with Crippen molar-refractivity contribution in [3.05, 3.63) is 29.8 Å². The maximum Gasteiger partial charge on any atom is 0.323 e. The molecule has 0 atom stereocenters. The summed E-state index contributed by atoms with van der Waals surface area (Å²) in [7, 11) is 3.49. The summed E-state index contributed by atoms with van der Waals surface area (Å²) in [6, 6.07) is 7.26. The van der Waals surface area contributed by atoms with E-state index in [9.17, 15) is 4.79 Å².